The Bertz CT molecular complexity index is 191. The van der Waals surface area contributed by atoms with Gasteiger partial charge in [-0.3, -0.25) is 0 Å². The quantitative estimate of drug-likeness (QED) is 0.333. The van der Waals surface area contributed by atoms with Gasteiger partial charge in [-0.15, -0.1) is 0 Å². The number of halogens is 1. The molecule has 0 fully saturated rings. The van der Waals surface area contributed by atoms with Gasteiger partial charge in [-0.1, -0.05) is 0 Å². The SMILES string of the molecule is [2H]c1c([2H])[n+](C)c([2H])n1C.[Cl-]. The highest BCUT2D eigenvalue weighted by molar-refractivity contribution is 4.60. The molecule has 0 saturated carbocycles. The van der Waals surface area contributed by atoms with Crippen LogP contribution in [-0.2, 0) is 14.1 Å². The summed E-state index contributed by atoms with van der Waals surface area (Å²) in [6, 6.07) is 0. The van der Waals surface area contributed by atoms with Crippen molar-refractivity contribution in [3.8, 4) is 0 Å². The van der Waals surface area contributed by atoms with Crippen molar-refractivity contribution in [1.29, 1.82) is 0 Å². The van der Waals surface area contributed by atoms with E-state index in [2.05, 4.69) is 0 Å². The van der Waals surface area contributed by atoms with Crippen molar-refractivity contribution in [2.24, 2.45) is 14.1 Å². The Morgan fingerprint density at radius 1 is 1.75 bits per heavy atom. The summed E-state index contributed by atoms with van der Waals surface area (Å²) < 4.78 is 24.5. The summed E-state index contributed by atoms with van der Waals surface area (Å²) in [5.74, 6) is 0. The molecule has 1 aromatic heterocycles. The molecule has 0 unspecified atom stereocenters. The van der Waals surface area contributed by atoms with Crippen LogP contribution < -0.4 is 17.0 Å². The van der Waals surface area contributed by atoms with E-state index < -0.39 is 0 Å². The highest BCUT2D eigenvalue weighted by Gasteiger charge is 1.87. The van der Waals surface area contributed by atoms with Gasteiger partial charge in [0.15, 0.2) is 1.37 Å². The third-order valence-corrected chi connectivity index (χ3v) is 0.685. The van der Waals surface area contributed by atoms with Crippen LogP contribution in [0, 0.1) is 0 Å². The molecule has 2 nitrogen and oxygen atoms in total. The van der Waals surface area contributed by atoms with Gasteiger partial charge in [0.1, 0.15) is 15.1 Å². The first kappa shape index (κ1) is 3.51. The van der Waals surface area contributed by atoms with E-state index in [1.54, 1.807) is 14.1 Å². The van der Waals surface area contributed by atoms with Gasteiger partial charge in [-0.2, -0.15) is 0 Å². The zero-order valence-electron chi connectivity index (χ0n) is 7.77. The molecule has 0 aliphatic rings. The maximum Gasteiger partial charge on any atom is 0.243 e. The first-order valence-corrected chi connectivity index (χ1v) is 2.04. The van der Waals surface area contributed by atoms with Gasteiger partial charge >= 0.3 is 0 Å². The fourth-order valence-electron chi connectivity index (χ4n) is 0.425. The molecular weight excluding hydrogens is 124 g/mol. The Morgan fingerprint density at radius 2 is 2.38 bits per heavy atom. The van der Waals surface area contributed by atoms with Crippen molar-refractivity contribution >= 4 is 0 Å². The summed E-state index contributed by atoms with van der Waals surface area (Å²) in [5.41, 5.74) is 0. The molecule has 3 heteroatoms. The lowest BCUT2D eigenvalue weighted by molar-refractivity contribution is -0.670. The van der Waals surface area contributed by atoms with Gasteiger partial charge in [-0.25, -0.2) is 9.13 Å². The van der Waals surface area contributed by atoms with E-state index in [-0.39, 0.29) is 31.1 Å². The van der Waals surface area contributed by atoms with Crippen LogP contribution in [0.4, 0.5) is 0 Å². The average Bonchev–Trinajstić information content (AvgIpc) is 2.07. The first-order valence-electron chi connectivity index (χ1n) is 3.54. The second kappa shape index (κ2) is 2.72. The number of aromatic nitrogens is 2. The summed E-state index contributed by atoms with van der Waals surface area (Å²) in [7, 11) is 3.20. The van der Waals surface area contributed by atoms with E-state index >= 15 is 0 Å². The topological polar surface area (TPSA) is 8.81 Å². The molecule has 1 aromatic rings. The lowest BCUT2D eigenvalue weighted by atomic mass is 10.9. The van der Waals surface area contributed by atoms with Crippen molar-refractivity contribution in [3.05, 3.63) is 18.6 Å². The van der Waals surface area contributed by atoms with Crippen LogP contribution in [-0.4, -0.2) is 4.57 Å². The lowest BCUT2D eigenvalue weighted by Gasteiger charge is -1.72. The molecule has 0 aliphatic carbocycles. The number of hydrogen-bond donors (Lipinski definition) is 0. The first-order chi connectivity index (χ1) is 4.55. The number of hydrogen-bond acceptors (Lipinski definition) is 0. The molecule has 0 spiro atoms. The Hall–Kier alpha value is -0.500. The minimum Gasteiger partial charge on any atom is -1.00 e. The van der Waals surface area contributed by atoms with Gasteiger partial charge in [-0.05, 0) is 0 Å². The molecule has 8 heavy (non-hydrogen) atoms. The van der Waals surface area contributed by atoms with E-state index in [4.69, 9.17) is 4.11 Å². The van der Waals surface area contributed by atoms with Crippen molar-refractivity contribution in [2.45, 2.75) is 0 Å². The third-order valence-electron chi connectivity index (χ3n) is 0.685. The predicted molar refractivity (Wildman–Crippen MR) is 26.6 cm³/mol. The van der Waals surface area contributed by atoms with Gasteiger partial charge in [0.2, 0.25) is 6.30 Å². The van der Waals surface area contributed by atoms with E-state index in [0.717, 1.165) is 0 Å². The number of imidazole rings is 1. The Kier molecular flexibility index (Phi) is 1.19. The number of rotatable bonds is 0. The van der Waals surface area contributed by atoms with Gasteiger partial charge < -0.3 is 12.4 Å². The maximum atomic E-state index is 7.29. The Labute approximate surface area is 59.4 Å². The van der Waals surface area contributed by atoms with Crippen LogP contribution in [0.25, 0.3) is 0 Å². The zero-order valence-corrected chi connectivity index (χ0v) is 5.53. The summed E-state index contributed by atoms with van der Waals surface area (Å²) >= 11 is 0. The van der Waals surface area contributed by atoms with Crippen LogP contribution in [0.5, 0.6) is 0 Å². The van der Waals surface area contributed by atoms with Crippen LogP contribution in [0.15, 0.2) is 18.6 Å². The van der Waals surface area contributed by atoms with E-state index in [1.807, 2.05) is 0 Å². The molecule has 0 amide bonds. The second-order valence-corrected chi connectivity index (χ2v) is 1.44. The van der Waals surface area contributed by atoms with Crippen LogP contribution >= 0.6 is 0 Å². The Balaban J connectivity index is 0.000001000. The molecule has 0 bridgehead atoms. The highest BCUT2D eigenvalue weighted by atomic mass is 35.5. The molecule has 0 radical (unpaired) electrons. The smallest absolute Gasteiger partial charge is 0.243 e. The molecule has 1 heterocycles. The minimum absolute atomic E-state index is 0. The molecule has 0 N–H and O–H groups in total. The van der Waals surface area contributed by atoms with Gasteiger partial charge in [0.25, 0.3) is 0 Å². The normalized spacial score (nSPS) is 13.5. The zero-order chi connectivity index (χ0) is 7.89. The van der Waals surface area contributed by atoms with Crippen molar-refractivity contribution in [1.82, 2.24) is 4.57 Å². The molecular formula is C5H9ClN2. The molecule has 0 aromatic carbocycles. The third kappa shape index (κ3) is 1.54. The van der Waals surface area contributed by atoms with Crippen LogP contribution in [0.1, 0.15) is 4.11 Å². The summed E-state index contributed by atoms with van der Waals surface area (Å²) in [6.07, 6.45) is 0.329. The summed E-state index contributed by atoms with van der Waals surface area (Å²) in [6.45, 7) is 0. The van der Waals surface area contributed by atoms with Crippen molar-refractivity contribution in [2.75, 3.05) is 0 Å². The van der Waals surface area contributed by atoms with Crippen LogP contribution in [0.2, 0.25) is 0 Å². The summed E-state index contributed by atoms with van der Waals surface area (Å²) in [4.78, 5) is 0. The van der Waals surface area contributed by atoms with Gasteiger partial charge in [0, 0.05) is 0 Å². The molecule has 0 atom stereocenters. The average molecular weight is 136 g/mol. The lowest BCUT2D eigenvalue weighted by Crippen LogP contribution is -3.00. The van der Waals surface area contributed by atoms with Crippen LogP contribution in [0.3, 0.4) is 0 Å². The fraction of sp³-hybridized carbons (Fsp3) is 0.400. The molecule has 1 rings (SSSR count). The van der Waals surface area contributed by atoms with Crippen molar-refractivity contribution < 1.29 is 21.1 Å². The van der Waals surface area contributed by atoms with E-state index in [9.17, 15) is 0 Å². The molecule has 0 saturated heterocycles. The largest absolute Gasteiger partial charge is 1.00 e. The van der Waals surface area contributed by atoms with E-state index in [0.29, 0.717) is 0 Å². The fourth-order valence-corrected chi connectivity index (χ4v) is 0.425. The van der Waals surface area contributed by atoms with Crippen molar-refractivity contribution in [3.63, 3.8) is 0 Å². The second-order valence-electron chi connectivity index (χ2n) is 1.44. The highest BCUT2D eigenvalue weighted by Crippen LogP contribution is 1.70. The summed E-state index contributed by atoms with van der Waals surface area (Å²) in [5, 5.41) is 0. The number of nitrogens with zero attached hydrogens (tertiary/aromatic N) is 2. The molecule has 0 aliphatic heterocycles. The Morgan fingerprint density at radius 3 is 2.50 bits per heavy atom. The van der Waals surface area contributed by atoms with E-state index in [1.165, 1.54) is 9.13 Å². The van der Waals surface area contributed by atoms with Gasteiger partial charge in [0.05, 0.1) is 14.1 Å². The minimum atomic E-state index is 0. The monoisotopic (exact) mass is 135 g/mol. The maximum absolute atomic E-state index is 7.29. The predicted octanol–water partition coefficient (Wildman–Crippen LogP) is -3.15. The standard InChI is InChI=1S/C5H9N2.ClH/c1-6-3-4-7(2)5-6;/h3-5H,1-2H3;1H/q+1;/p-1/i3D,4D,5D;. The molecule has 46 valence electrons.